The van der Waals surface area contributed by atoms with E-state index >= 15 is 0 Å². The second kappa shape index (κ2) is 6.37. The standard InChI is InChI=1S/C17H18N6O/c1-22-7-9-23(10-8-22)16-14(11-18-12-19-16)17-20-15(21-24-17)13-5-3-2-4-6-13/h2-6,11-12H,7-10H2,1H3. The molecule has 0 bridgehead atoms. The summed E-state index contributed by atoms with van der Waals surface area (Å²) in [6.45, 7) is 3.84. The third-order valence-corrected chi connectivity index (χ3v) is 4.18. The summed E-state index contributed by atoms with van der Waals surface area (Å²) in [4.78, 5) is 17.7. The molecular formula is C17H18N6O. The number of anilines is 1. The van der Waals surface area contributed by atoms with Gasteiger partial charge >= 0.3 is 0 Å². The molecule has 3 aromatic rings. The summed E-state index contributed by atoms with van der Waals surface area (Å²) in [5.74, 6) is 1.86. The van der Waals surface area contributed by atoms with Gasteiger partial charge in [0.1, 0.15) is 17.7 Å². The van der Waals surface area contributed by atoms with Gasteiger partial charge in [0.2, 0.25) is 5.82 Å². The van der Waals surface area contributed by atoms with Gasteiger partial charge in [0, 0.05) is 37.9 Å². The fraction of sp³-hybridized carbons (Fsp3) is 0.294. The Morgan fingerprint density at radius 2 is 1.83 bits per heavy atom. The second-order valence-corrected chi connectivity index (χ2v) is 5.84. The molecule has 24 heavy (non-hydrogen) atoms. The molecule has 0 atom stereocenters. The van der Waals surface area contributed by atoms with E-state index in [-0.39, 0.29) is 0 Å². The fourth-order valence-corrected chi connectivity index (χ4v) is 2.78. The van der Waals surface area contributed by atoms with Crippen molar-refractivity contribution >= 4 is 5.82 Å². The Morgan fingerprint density at radius 1 is 1.04 bits per heavy atom. The average Bonchev–Trinajstić information content (AvgIpc) is 3.13. The topological polar surface area (TPSA) is 71.2 Å². The Balaban J connectivity index is 1.67. The van der Waals surface area contributed by atoms with Crippen molar-refractivity contribution in [2.45, 2.75) is 0 Å². The first-order valence-corrected chi connectivity index (χ1v) is 7.94. The predicted octanol–water partition coefficient (Wildman–Crippen LogP) is 1.95. The van der Waals surface area contributed by atoms with E-state index in [1.807, 2.05) is 30.3 Å². The lowest BCUT2D eigenvalue weighted by Crippen LogP contribution is -2.45. The first kappa shape index (κ1) is 14.8. The molecule has 3 heterocycles. The van der Waals surface area contributed by atoms with Crippen molar-refractivity contribution < 1.29 is 4.52 Å². The van der Waals surface area contributed by atoms with Gasteiger partial charge in [-0.25, -0.2) is 9.97 Å². The largest absolute Gasteiger partial charge is 0.353 e. The third kappa shape index (κ3) is 2.85. The van der Waals surface area contributed by atoms with Crippen LogP contribution in [0.4, 0.5) is 5.82 Å². The maximum atomic E-state index is 5.48. The Labute approximate surface area is 140 Å². The van der Waals surface area contributed by atoms with E-state index in [2.05, 4.69) is 37.0 Å². The Hall–Kier alpha value is -2.80. The molecule has 1 saturated heterocycles. The van der Waals surface area contributed by atoms with Crippen LogP contribution in [0.3, 0.4) is 0 Å². The highest BCUT2D eigenvalue weighted by molar-refractivity contribution is 5.70. The van der Waals surface area contributed by atoms with E-state index in [9.17, 15) is 0 Å². The fourth-order valence-electron chi connectivity index (χ4n) is 2.78. The van der Waals surface area contributed by atoms with Gasteiger partial charge in [-0.05, 0) is 7.05 Å². The number of nitrogens with zero attached hydrogens (tertiary/aromatic N) is 6. The average molecular weight is 322 g/mol. The zero-order valence-electron chi connectivity index (χ0n) is 13.5. The van der Waals surface area contributed by atoms with Crippen LogP contribution in [0.15, 0.2) is 47.4 Å². The quantitative estimate of drug-likeness (QED) is 0.730. The number of rotatable bonds is 3. The van der Waals surface area contributed by atoms with E-state index in [0.29, 0.717) is 11.7 Å². The van der Waals surface area contributed by atoms with Gasteiger partial charge < -0.3 is 14.3 Å². The van der Waals surface area contributed by atoms with Crippen molar-refractivity contribution in [1.82, 2.24) is 25.0 Å². The van der Waals surface area contributed by atoms with Crippen molar-refractivity contribution in [2.24, 2.45) is 0 Å². The lowest BCUT2D eigenvalue weighted by atomic mass is 10.2. The maximum Gasteiger partial charge on any atom is 0.263 e. The van der Waals surface area contributed by atoms with Crippen LogP contribution in [-0.2, 0) is 0 Å². The van der Waals surface area contributed by atoms with Crippen molar-refractivity contribution in [2.75, 3.05) is 38.1 Å². The molecule has 1 fully saturated rings. The smallest absolute Gasteiger partial charge is 0.263 e. The number of hydrogen-bond acceptors (Lipinski definition) is 7. The minimum Gasteiger partial charge on any atom is -0.353 e. The molecule has 0 spiro atoms. The summed E-state index contributed by atoms with van der Waals surface area (Å²) in [5.41, 5.74) is 1.70. The van der Waals surface area contributed by atoms with Gasteiger partial charge in [-0.1, -0.05) is 35.5 Å². The lowest BCUT2D eigenvalue weighted by Gasteiger charge is -2.33. The van der Waals surface area contributed by atoms with Crippen LogP contribution in [0.25, 0.3) is 22.8 Å². The number of benzene rings is 1. The molecule has 2 aromatic heterocycles. The molecule has 0 amide bonds. The van der Waals surface area contributed by atoms with Crippen LogP contribution in [0, 0.1) is 0 Å². The summed E-state index contributed by atoms with van der Waals surface area (Å²) in [6.07, 6.45) is 3.30. The van der Waals surface area contributed by atoms with Crippen molar-refractivity contribution in [1.29, 1.82) is 0 Å². The van der Waals surface area contributed by atoms with Crippen LogP contribution in [-0.4, -0.2) is 58.2 Å². The van der Waals surface area contributed by atoms with Crippen molar-refractivity contribution in [3.05, 3.63) is 42.9 Å². The molecular weight excluding hydrogens is 304 g/mol. The highest BCUT2D eigenvalue weighted by Gasteiger charge is 2.22. The summed E-state index contributed by atoms with van der Waals surface area (Å²) in [5, 5.41) is 4.09. The van der Waals surface area contributed by atoms with Crippen LogP contribution in [0.1, 0.15) is 0 Å². The van der Waals surface area contributed by atoms with Crippen molar-refractivity contribution in [3.63, 3.8) is 0 Å². The first-order chi connectivity index (χ1) is 11.8. The van der Waals surface area contributed by atoms with E-state index in [1.54, 1.807) is 12.5 Å². The monoisotopic (exact) mass is 322 g/mol. The molecule has 1 aromatic carbocycles. The second-order valence-electron chi connectivity index (χ2n) is 5.84. The van der Waals surface area contributed by atoms with Crippen molar-refractivity contribution in [3.8, 4) is 22.8 Å². The molecule has 0 saturated carbocycles. The SMILES string of the molecule is CN1CCN(c2ncncc2-c2nc(-c3ccccc3)no2)CC1. The molecule has 0 N–H and O–H groups in total. The van der Waals surface area contributed by atoms with E-state index in [1.165, 1.54) is 0 Å². The Bertz CT molecular complexity index is 811. The lowest BCUT2D eigenvalue weighted by molar-refractivity contribution is 0.312. The van der Waals surface area contributed by atoms with Gasteiger partial charge in [-0.3, -0.25) is 0 Å². The van der Waals surface area contributed by atoms with Crippen LogP contribution in [0.5, 0.6) is 0 Å². The Morgan fingerprint density at radius 3 is 2.62 bits per heavy atom. The molecule has 7 nitrogen and oxygen atoms in total. The minimum absolute atomic E-state index is 0.448. The van der Waals surface area contributed by atoms with Gasteiger partial charge in [-0.2, -0.15) is 4.98 Å². The molecule has 0 aliphatic carbocycles. The molecule has 1 aliphatic heterocycles. The molecule has 122 valence electrons. The minimum atomic E-state index is 0.448. The number of hydrogen-bond donors (Lipinski definition) is 0. The van der Waals surface area contributed by atoms with Crippen LogP contribution in [0.2, 0.25) is 0 Å². The highest BCUT2D eigenvalue weighted by Crippen LogP contribution is 2.29. The molecule has 0 radical (unpaired) electrons. The van der Waals surface area contributed by atoms with Gasteiger partial charge in [0.05, 0.1) is 0 Å². The molecule has 0 unspecified atom stereocenters. The normalized spacial score (nSPS) is 15.6. The van der Waals surface area contributed by atoms with Gasteiger partial charge in [-0.15, -0.1) is 0 Å². The zero-order valence-corrected chi connectivity index (χ0v) is 13.5. The first-order valence-electron chi connectivity index (χ1n) is 7.94. The predicted molar refractivity (Wildman–Crippen MR) is 90.5 cm³/mol. The summed E-state index contributed by atoms with van der Waals surface area (Å²) in [7, 11) is 2.13. The van der Waals surface area contributed by atoms with Gasteiger partial charge in [0.25, 0.3) is 5.89 Å². The number of aromatic nitrogens is 4. The summed E-state index contributed by atoms with van der Waals surface area (Å²) in [6, 6.07) is 9.77. The zero-order chi connectivity index (χ0) is 16.4. The van der Waals surface area contributed by atoms with E-state index < -0.39 is 0 Å². The summed E-state index contributed by atoms with van der Waals surface area (Å²) < 4.78 is 5.48. The van der Waals surface area contributed by atoms with Gasteiger partial charge in [0.15, 0.2) is 0 Å². The molecule has 7 heteroatoms. The number of piperazine rings is 1. The summed E-state index contributed by atoms with van der Waals surface area (Å²) >= 11 is 0. The Kier molecular flexibility index (Phi) is 3.92. The maximum absolute atomic E-state index is 5.48. The van der Waals surface area contributed by atoms with Crippen LogP contribution >= 0.6 is 0 Å². The third-order valence-electron chi connectivity index (χ3n) is 4.18. The van der Waals surface area contributed by atoms with E-state index in [4.69, 9.17) is 4.52 Å². The van der Waals surface area contributed by atoms with E-state index in [0.717, 1.165) is 43.1 Å². The number of likely N-dealkylation sites (N-methyl/N-ethyl adjacent to an activating group) is 1. The molecule has 4 rings (SSSR count). The van der Waals surface area contributed by atoms with Crippen LogP contribution < -0.4 is 4.90 Å². The highest BCUT2D eigenvalue weighted by atomic mass is 16.5. The molecule has 1 aliphatic rings.